The van der Waals surface area contributed by atoms with E-state index < -0.39 is 0 Å². The molecular weight excluding hydrogens is 260 g/mol. The van der Waals surface area contributed by atoms with Crippen LogP contribution in [-0.4, -0.2) is 17.6 Å². The topological polar surface area (TPSA) is 65.2 Å². The van der Waals surface area contributed by atoms with E-state index in [0.717, 1.165) is 16.3 Å². The number of anilines is 1. The van der Waals surface area contributed by atoms with E-state index in [9.17, 15) is 4.79 Å². The van der Waals surface area contributed by atoms with Crippen LogP contribution in [0.25, 0.3) is 10.6 Å². The minimum atomic E-state index is -0.308. The molecule has 0 spiro atoms. The second kappa shape index (κ2) is 5.84. The fraction of sp³-hybridized carbons (Fsp3) is 0.286. The van der Waals surface area contributed by atoms with Crippen molar-refractivity contribution in [1.29, 1.82) is 0 Å². The summed E-state index contributed by atoms with van der Waals surface area (Å²) in [4.78, 5) is 16.9. The Hall–Kier alpha value is -1.88. The maximum atomic E-state index is 11.9. The predicted molar refractivity (Wildman–Crippen MR) is 77.3 cm³/mol. The van der Waals surface area contributed by atoms with Crippen LogP contribution in [0.15, 0.2) is 24.3 Å². The normalized spacial score (nSPS) is 10.4. The van der Waals surface area contributed by atoms with Crippen LogP contribution >= 0.6 is 11.3 Å². The molecule has 100 valence electrons. The van der Waals surface area contributed by atoms with Gasteiger partial charge >= 0.3 is 5.97 Å². The number of benzene rings is 1. The van der Waals surface area contributed by atoms with Gasteiger partial charge in [0, 0.05) is 11.3 Å². The maximum Gasteiger partial charge on any atom is 0.350 e. The van der Waals surface area contributed by atoms with Gasteiger partial charge in [-0.15, -0.1) is 11.3 Å². The number of esters is 1. The van der Waals surface area contributed by atoms with Crippen molar-refractivity contribution in [2.45, 2.75) is 20.3 Å². The molecule has 0 saturated carbocycles. The summed E-state index contributed by atoms with van der Waals surface area (Å²) in [5.74, 6) is -0.308. The van der Waals surface area contributed by atoms with E-state index in [0.29, 0.717) is 23.6 Å². The van der Waals surface area contributed by atoms with Gasteiger partial charge in [-0.05, 0) is 25.5 Å². The van der Waals surface area contributed by atoms with E-state index in [1.54, 1.807) is 6.92 Å². The van der Waals surface area contributed by atoms with Gasteiger partial charge in [0.25, 0.3) is 0 Å². The molecule has 2 N–H and O–H groups in total. The third kappa shape index (κ3) is 2.76. The highest BCUT2D eigenvalue weighted by Crippen LogP contribution is 2.32. The van der Waals surface area contributed by atoms with Crippen molar-refractivity contribution in [3.8, 4) is 10.6 Å². The Balaban J connectivity index is 2.44. The summed E-state index contributed by atoms with van der Waals surface area (Å²) in [6.07, 6.45) is 0.692. The number of hydrogen-bond donors (Lipinski definition) is 1. The van der Waals surface area contributed by atoms with E-state index in [1.807, 2.05) is 31.2 Å². The fourth-order valence-corrected chi connectivity index (χ4v) is 2.85. The van der Waals surface area contributed by atoms with Gasteiger partial charge in [-0.1, -0.05) is 19.1 Å². The number of nitrogens with zero attached hydrogens (tertiary/aromatic N) is 1. The Morgan fingerprint density at radius 3 is 2.74 bits per heavy atom. The number of carbonyl (C=O) groups is 1. The molecule has 19 heavy (non-hydrogen) atoms. The van der Waals surface area contributed by atoms with E-state index in [4.69, 9.17) is 10.5 Å². The summed E-state index contributed by atoms with van der Waals surface area (Å²) < 4.78 is 5.05. The fourth-order valence-electron chi connectivity index (χ4n) is 1.75. The standard InChI is InChI=1S/C14H16N2O2S/c1-3-11-12(14(17)18-4-2)19-13(16-11)9-7-5-6-8-10(9)15/h5-8H,3-4,15H2,1-2H3. The van der Waals surface area contributed by atoms with Crippen molar-refractivity contribution in [3.05, 3.63) is 34.8 Å². The first kappa shape index (κ1) is 13.5. The van der Waals surface area contributed by atoms with E-state index in [-0.39, 0.29) is 5.97 Å². The van der Waals surface area contributed by atoms with Crippen LogP contribution in [0.1, 0.15) is 29.2 Å². The number of thiazole rings is 1. The molecule has 0 aliphatic rings. The molecule has 1 aromatic carbocycles. The minimum Gasteiger partial charge on any atom is -0.462 e. The second-order valence-corrected chi connectivity index (χ2v) is 4.96. The molecule has 0 amide bonds. The number of aromatic nitrogens is 1. The molecule has 1 heterocycles. The Kier molecular flexibility index (Phi) is 4.16. The Morgan fingerprint density at radius 1 is 1.37 bits per heavy atom. The van der Waals surface area contributed by atoms with Crippen LogP contribution in [0.5, 0.6) is 0 Å². The molecule has 4 nitrogen and oxygen atoms in total. The Labute approximate surface area is 116 Å². The van der Waals surface area contributed by atoms with Crippen LogP contribution in [-0.2, 0) is 11.2 Å². The first-order chi connectivity index (χ1) is 9.17. The van der Waals surface area contributed by atoms with Crippen molar-refractivity contribution in [2.24, 2.45) is 0 Å². The molecule has 0 bridgehead atoms. The molecule has 0 aliphatic heterocycles. The molecule has 5 heteroatoms. The van der Waals surface area contributed by atoms with Gasteiger partial charge in [-0.2, -0.15) is 0 Å². The molecule has 0 fully saturated rings. The van der Waals surface area contributed by atoms with Crippen molar-refractivity contribution in [1.82, 2.24) is 4.98 Å². The molecule has 0 radical (unpaired) electrons. The second-order valence-electron chi connectivity index (χ2n) is 3.96. The molecule has 2 aromatic rings. The smallest absolute Gasteiger partial charge is 0.350 e. The molecular formula is C14H16N2O2S. The average molecular weight is 276 g/mol. The third-order valence-corrected chi connectivity index (χ3v) is 3.80. The van der Waals surface area contributed by atoms with E-state index in [1.165, 1.54) is 11.3 Å². The zero-order chi connectivity index (χ0) is 13.8. The molecule has 2 rings (SSSR count). The predicted octanol–water partition coefficient (Wildman–Crippen LogP) is 3.13. The van der Waals surface area contributed by atoms with Gasteiger partial charge in [-0.25, -0.2) is 9.78 Å². The lowest BCUT2D eigenvalue weighted by molar-refractivity contribution is 0.0530. The summed E-state index contributed by atoms with van der Waals surface area (Å²) in [5.41, 5.74) is 8.22. The van der Waals surface area contributed by atoms with Crippen LogP contribution in [0, 0.1) is 0 Å². The van der Waals surface area contributed by atoms with Crippen LogP contribution in [0.4, 0.5) is 5.69 Å². The summed E-state index contributed by atoms with van der Waals surface area (Å²) in [6, 6.07) is 7.51. The van der Waals surface area contributed by atoms with Gasteiger partial charge < -0.3 is 10.5 Å². The summed E-state index contributed by atoms with van der Waals surface area (Å²) >= 11 is 1.33. The number of rotatable bonds is 4. The van der Waals surface area contributed by atoms with Crippen molar-refractivity contribution < 1.29 is 9.53 Å². The SMILES string of the molecule is CCOC(=O)c1sc(-c2ccccc2N)nc1CC. The highest BCUT2D eigenvalue weighted by Gasteiger charge is 2.19. The van der Waals surface area contributed by atoms with E-state index >= 15 is 0 Å². The van der Waals surface area contributed by atoms with Gasteiger partial charge in [-0.3, -0.25) is 0 Å². The van der Waals surface area contributed by atoms with Crippen molar-refractivity contribution in [3.63, 3.8) is 0 Å². The summed E-state index contributed by atoms with van der Waals surface area (Å²) in [6.45, 7) is 4.12. The lowest BCUT2D eigenvalue weighted by Crippen LogP contribution is -2.05. The lowest BCUT2D eigenvalue weighted by Gasteiger charge is -2.00. The first-order valence-electron chi connectivity index (χ1n) is 6.19. The first-order valence-corrected chi connectivity index (χ1v) is 7.00. The van der Waals surface area contributed by atoms with E-state index in [2.05, 4.69) is 4.98 Å². The average Bonchev–Trinajstić information content (AvgIpc) is 2.83. The molecule has 0 unspecified atom stereocenters. The highest BCUT2D eigenvalue weighted by atomic mass is 32.1. The third-order valence-electron chi connectivity index (χ3n) is 2.68. The largest absolute Gasteiger partial charge is 0.462 e. The van der Waals surface area contributed by atoms with Crippen molar-refractivity contribution >= 4 is 23.0 Å². The van der Waals surface area contributed by atoms with Crippen LogP contribution in [0.2, 0.25) is 0 Å². The van der Waals surface area contributed by atoms with Gasteiger partial charge in [0.1, 0.15) is 9.88 Å². The number of nitrogens with two attached hydrogens (primary N) is 1. The number of carbonyl (C=O) groups excluding carboxylic acids is 1. The van der Waals surface area contributed by atoms with Gasteiger partial charge in [0.2, 0.25) is 0 Å². The number of hydrogen-bond acceptors (Lipinski definition) is 5. The Bertz CT molecular complexity index is 593. The monoisotopic (exact) mass is 276 g/mol. The zero-order valence-corrected chi connectivity index (χ0v) is 11.8. The summed E-state index contributed by atoms with van der Waals surface area (Å²) in [5, 5.41) is 0.762. The summed E-state index contributed by atoms with van der Waals surface area (Å²) in [7, 11) is 0. The van der Waals surface area contributed by atoms with Gasteiger partial charge in [0.15, 0.2) is 0 Å². The minimum absolute atomic E-state index is 0.308. The van der Waals surface area contributed by atoms with Crippen molar-refractivity contribution in [2.75, 3.05) is 12.3 Å². The number of para-hydroxylation sites is 1. The zero-order valence-electron chi connectivity index (χ0n) is 11.0. The van der Waals surface area contributed by atoms with Gasteiger partial charge in [0.05, 0.1) is 12.3 Å². The molecule has 0 aliphatic carbocycles. The maximum absolute atomic E-state index is 11.9. The molecule has 0 saturated heterocycles. The number of nitrogen functional groups attached to an aromatic ring is 1. The van der Waals surface area contributed by atoms with Crippen LogP contribution in [0.3, 0.4) is 0 Å². The quantitative estimate of drug-likeness (QED) is 0.688. The highest BCUT2D eigenvalue weighted by molar-refractivity contribution is 7.17. The van der Waals surface area contributed by atoms with Crippen LogP contribution < -0.4 is 5.73 Å². The molecule has 0 atom stereocenters. The molecule has 1 aromatic heterocycles. The lowest BCUT2D eigenvalue weighted by atomic mass is 10.2. The Morgan fingerprint density at radius 2 is 2.11 bits per heavy atom. The number of aryl methyl sites for hydroxylation is 1. The number of ether oxygens (including phenoxy) is 1.